The number of benzene rings is 2. The van der Waals surface area contributed by atoms with Gasteiger partial charge in [0.25, 0.3) is 0 Å². The average molecular weight is 507 g/mol. The van der Waals surface area contributed by atoms with E-state index in [1.807, 2.05) is 36.4 Å². The summed E-state index contributed by atoms with van der Waals surface area (Å²) in [4.78, 5) is 0. The highest BCUT2D eigenvalue weighted by atomic mass is 79.9. The van der Waals surface area contributed by atoms with E-state index < -0.39 is 0 Å². The molecular weight excluding hydrogens is 487 g/mol. The van der Waals surface area contributed by atoms with Crippen LogP contribution in [0.15, 0.2) is 45.3 Å². The second kappa shape index (κ2) is 8.08. The highest BCUT2D eigenvalue weighted by molar-refractivity contribution is 9.10. The molecule has 0 unspecified atom stereocenters. The van der Waals surface area contributed by atoms with E-state index in [9.17, 15) is 0 Å². The normalized spacial score (nSPS) is 17.3. The van der Waals surface area contributed by atoms with Crippen molar-refractivity contribution in [2.45, 2.75) is 44.2 Å². The Bertz CT molecular complexity index is 759. The summed E-state index contributed by atoms with van der Waals surface area (Å²) in [5.41, 5.74) is 2.37. The first-order chi connectivity index (χ1) is 11.8. The van der Waals surface area contributed by atoms with Crippen molar-refractivity contribution in [1.29, 1.82) is 0 Å². The van der Waals surface area contributed by atoms with Gasteiger partial charge < -0.3 is 10.6 Å². The molecule has 0 saturated heterocycles. The van der Waals surface area contributed by atoms with Crippen LogP contribution in [0.4, 0.5) is 11.4 Å². The molecule has 4 rings (SSSR count). The molecular formula is C19H20Br2Cl2N2. The molecule has 2 N–H and O–H groups in total. The Kier molecular flexibility index (Phi) is 6.25. The van der Waals surface area contributed by atoms with E-state index in [-0.39, 0.29) is 5.54 Å². The van der Waals surface area contributed by atoms with Crippen LogP contribution in [0, 0.1) is 0 Å². The van der Waals surface area contributed by atoms with E-state index in [2.05, 4.69) is 49.4 Å². The first-order valence-corrected chi connectivity index (χ1v) is 10.6. The second-order valence-electron chi connectivity index (χ2n) is 6.85. The van der Waals surface area contributed by atoms with Crippen molar-refractivity contribution in [3.05, 3.63) is 55.4 Å². The van der Waals surface area contributed by atoms with Gasteiger partial charge in [-0.2, -0.15) is 0 Å². The predicted octanol–water partition coefficient (Wildman–Crippen LogP) is 7.74. The topological polar surface area (TPSA) is 24.1 Å². The Morgan fingerprint density at radius 1 is 0.920 bits per heavy atom. The molecule has 2 aromatic carbocycles. The van der Waals surface area contributed by atoms with Crippen molar-refractivity contribution in [3.8, 4) is 0 Å². The van der Waals surface area contributed by atoms with Crippen molar-refractivity contribution in [2.75, 3.05) is 10.6 Å². The third-order valence-corrected chi connectivity index (χ3v) is 5.85. The van der Waals surface area contributed by atoms with Crippen LogP contribution in [0.5, 0.6) is 0 Å². The standard InChI is InChI=1S/C10H11BrClN.C9H9BrClN/c1-10(4-5-10)13-9-3-2-7(11)6-8(9)12;10-6-1-4-9(8(11)5-6)12-7-2-3-7/h2-3,6,13H,4-5H2,1H3;1,4-5,7,12H,2-3H2. The molecule has 0 heterocycles. The van der Waals surface area contributed by atoms with Crippen LogP contribution in [-0.2, 0) is 0 Å². The summed E-state index contributed by atoms with van der Waals surface area (Å²) in [7, 11) is 0. The highest BCUT2D eigenvalue weighted by Crippen LogP contribution is 2.40. The maximum atomic E-state index is 6.07. The smallest absolute Gasteiger partial charge is 0.0648 e. The van der Waals surface area contributed by atoms with E-state index in [0.717, 1.165) is 30.4 Å². The largest absolute Gasteiger partial charge is 0.381 e. The first kappa shape index (κ1) is 19.3. The molecule has 2 saturated carbocycles. The summed E-state index contributed by atoms with van der Waals surface area (Å²) in [6.07, 6.45) is 5.01. The zero-order valence-electron chi connectivity index (χ0n) is 13.9. The van der Waals surface area contributed by atoms with Crippen molar-refractivity contribution in [2.24, 2.45) is 0 Å². The van der Waals surface area contributed by atoms with Gasteiger partial charge in [0, 0.05) is 20.5 Å². The minimum absolute atomic E-state index is 0.289. The minimum Gasteiger partial charge on any atom is -0.381 e. The van der Waals surface area contributed by atoms with E-state index in [0.29, 0.717) is 6.04 Å². The minimum atomic E-state index is 0.289. The molecule has 6 heteroatoms. The molecule has 0 aromatic heterocycles. The fourth-order valence-electron chi connectivity index (χ4n) is 2.28. The van der Waals surface area contributed by atoms with Crippen LogP contribution in [0.25, 0.3) is 0 Å². The fourth-order valence-corrected chi connectivity index (χ4v) is 3.73. The lowest BCUT2D eigenvalue weighted by Gasteiger charge is -2.14. The Balaban J connectivity index is 0.000000146. The van der Waals surface area contributed by atoms with Gasteiger partial charge in [0.15, 0.2) is 0 Å². The Hall–Kier alpha value is -0.420. The van der Waals surface area contributed by atoms with Gasteiger partial charge in [-0.25, -0.2) is 0 Å². The quantitative estimate of drug-likeness (QED) is 0.443. The average Bonchev–Trinajstić information content (AvgIpc) is 3.46. The predicted molar refractivity (Wildman–Crippen MR) is 116 cm³/mol. The van der Waals surface area contributed by atoms with Gasteiger partial charge in [0.1, 0.15) is 0 Å². The molecule has 2 aromatic rings. The SMILES string of the molecule is CC1(Nc2ccc(Br)cc2Cl)CC1.Clc1cc(Br)ccc1NC1CC1. The molecule has 0 amide bonds. The Morgan fingerprint density at radius 2 is 1.44 bits per heavy atom. The fraction of sp³-hybridized carbons (Fsp3) is 0.368. The Morgan fingerprint density at radius 3 is 1.88 bits per heavy atom. The summed E-state index contributed by atoms with van der Waals surface area (Å²) in [5.74, 6) is 0. The van der Waals surface area contributed by atoms with Crippen LogP contribution in [0.1, 0.15) is 32.6 Å². The van der Waals surface area contributed by atoms with E-state index in [1.54, 1.807) is 0 Å². The molecule has 0 radical (unpaired) electrons. The van der Waals surface area contributed by atoms with Gasteiger partial charge in [-0.05, 0) is 69.0 Å². The summed E-state index contributed by atoms with van der Waals surface area (Å²) in [5, 5.41) is 8.36. The summed E-state index contributed by atoms with van der Waals surface area (Å²) >= 11 is 18.8. The van der Waals surface area contributed by atoms with Gasteiger partial charge in [-0.15, -0.1) is 0 Å². The molecule has 2 fully saturated rings. The molecule has 2 nitrogen and oxygen atoms in total. The number of rotatable bonds is 4. The molecule has 0 spiro atoms. The van der Waals surface area contributed by atoms with Crippen molar-refractivity contribution < 1.29 is 0 Å². The lowest BCUT2D eigenvalue weighted by atomic mass is 10.2. The van der Waals surface area contributed by atoms with E-state index >= 15 is 0 Å². The van der Waals surface area contributed by atoms with Gasteiger partial charge in [-0.3, -0.25) is 0 Å². The van der Waals surface area contributed by atoms with Gasteiger partial charge in [-0.1, -0.05) is 55.1 Å². The molecule has 134 valence electrons. The summed E-state index contributed by atoms with van der Waals surface area (Å²) in [6.45, 7) is 2.21. The zero-order valence-corrected chi connectivity index (χ0v) is 18.6. The van der Waals surface area contributed by atoms with Crippen LogP contribution in [0.2, 0.25) is 10.0 Å². The number of nitrogens with one attached hydrogen (secondary N) is 2. The molecule has 0 atom stereocenters. The molecule has 0 aliphatic heterocycles. The zero-order chi connectivity index (χ0) is 18.0. The summed E-state index contributed by atoms with van der Waals surface area (Å²) in [6, 6.07) is 12.5. The maximum absolute atomic E-state index is 6.07. The van der Waals surface area contributed by atoms with Crippen molar-refractivity contribution in [3.63, 3.8) is 0 Å². The number of hydrogen-bond donors (Lipinski definition) is 2. The van der Waals surface area contributed by atoms with Crippen molar-refractivity contribution in [1.82, 2.24) is 0 Å². The number of halogens is 4. The van der Waals surface area contributed by atoms with Gasteiger partial charge >= 0.3 is 0 Å². The van der Waals surface area contributed by atoms with Crippen molar-refractivity contribution >= 4 is 66.4 Å². The lowest BCUT2D eigenvalue weighted by Crippen LogP contribution is -2.15. The molecule has 0 bridgehead atoms. The first-order valence-electron chi connectivity index (χ1n) is 8.29. The highest BCUT2D eigenvalue weighted by Gasteiger charge is 2.37. The molecule has 25 heavy (non-hydrogen) atoms. The van der Waals surface area contributed by atoms with Crippen LogP contribution < -0.4 is 10.6 Å². The monoisotopic (exact) mass is 504 g/mol. The lowest BCUT2D eigenvalue weighted by molar-refractivity contribution is 0.829. The maximum Gasteiger partial charge on any atom is 0.0648 e. The van der Waals surface area contributed by atoms with E-state index in [1.165, 1.54) is 25.7 Å². The Labute approximate surface area is 175 Å². The third-order valence-electron chi connectivity index (χ3n) is 4.24. The second-order valence-corrected chi connectivity index (χ2v) is 9.50. The van der Waals surface area contributed by atoms with E-state index in [4.69, 9.17) is 23.2 Å². The number of anilines is 2. The van der Waals surface area contributed by atoms with Crippen LogP contribution >= 0.6 is 55.1 Å². The van der Waals surface area contributed by atoms with Crippen LogP contribution in [0.3, 0.4) is 0 Å². The molecule has 2 aliphatic carbocycles. The van der Waals surface area contributed by atoms with Gasteiger partial charge in [0.2, 0.25) is 0 Å². The summed E-state index contributed by atoms with van der Waals surface area (Å²) < 4.78 is 2.04. The number of hydrogen-bond acceptors (Lipinski definition) is 2. The molecule has 2 aliphatic rings. The van der Waals surface area contributed by atoms with Gasteiger partial charge in [0.05, 0.1) is 21.4 Å². The third kappa shape index (κ3) is 6.06. The van der Waals surface area contributed by atoms with Crippen LogP contribution in [-0.4, -0.2) is 11.6 Å².